The molecular formula is C23H30N6O4. The van der Waals surface area contributed by atoms with E-state index in [1.54, 1.807) is 7.11 Å². The van der Waals surface area contributed by atoms with Crippen LogP contribution in [0.25, 0.3) is 22.3 Å². The minimum absolute atomic E-state index is 0.108. The van der Waals surface area contributed by atoms with Crippen molar-refractivity contribution in [3.63, 3.8) is 0 Å². The molecule has 3 N–H and O–H groups in total. The second kappa shape index (κ2) is 9.32. The van der Waals surface area contributed by atoms with Crippen molar-refractivity contribution in [2.75, 3.05) is 32.3 Å². The van der Waals surface area contributed by atoms with Crippen molar-refractivity contribution < 1.29 is 19.4 Å². The van der Waals surface area contributed by atoms with Crippen LogP contribution in [0.5, 0.6) is 5.75 Å². The molecule has 4 rings (SSSR count). The highest BCUT2D eigenvalue weighted by molar-refractivity contribution is 5.98. The number of amides is 1. The molecule has 0 unspecified atom stereocenters. The second-order valence-electron chi connectivity index (χ2n) is 9.12. The van der Waals surface area contributed by atoms with Crippen molar-refractivity contribution in [1.29, 1.82) is 0 Å². The zero-order valence-corrected chi connectivity index (χ0v) is 19.4. The Bertz CT molecular complexity index is 1150. The number of carboxylic acid groups (broad SMARTS) is 1. The van der Waals surface area contributed by atoms with Gasteiger partial charge in [-0.25, -0.2) is 4.79 Å². The number of rotatable bonds is 6. The molecule has 1 amide bonds. The Morgan fingerprint density at radius 1 is 1.24 bits per heavy atom. The molecule has 176 valence electrons. The van der Waals surface area contributed by atoms with Crippen molar-refractivity contribution in [2.24, 2.45) is 0 Å². The Morgan fingerprint density at radius 3 is 2.64 bits per heavy atom. The summed E-state index contributed by atoms with van der Waals surface area (Å²) in [4.78, 5) is 11.5. The Morgan fingerprint density at radius 2 is 1.97 bits per heavy atom. The van der Waals surface area contributed by atoms with E-state index in [1.165, 1.54) is 0 Å². The van der Waals surface area contributed by atoms with Crippen molar-refractivity contribution in [3.05, 3.63) is 29.8 Å². The fraction of sp³-hybridized carbons (Fsp3) is 0.478. The Balaban J connectivity index is 2.01. The highest BCUT2D eigenvalue weighted by Gasteiger charge is 2.32. The number of piperidine rings is 1. The minimum atomic E-state index is -1.19. The summed E-state index contributed by atoms with van der Waals surface area (Å²) >= 11 is 0. The van der Waals surface area contributed by atoms with Gasteiger partial charge < -0.3 is 19.9 Å². The lowest BCUT2D eigenvalue weighted by atomic mass is 9.83. The summed E-state index contributed by atoms with van der Waals surface area (Å²) in [6.45, 7) is 8.17. The molecule has 0 bridgehead atoms. The molecule has 0 saturated carbocycles. The molecule has 1 fully saturated rings. The Hall–Kier alpha value is -3.24. The first-order valence-electron chi connectivity index (χ1n) is 11.0. The van der Waals surface area contributed by atoms with Crippen LogP contribution in [0.4, 0.5) is 10.6 Å². The summed E-state index contributed by atoms with van der Waals surface area (Å²) in [6, 6.07) is 7.75. The Labute approximate surface area is 192 Å². The average Bonchev–Trinajstić information content (AvgIpc) is 3.14. The minimum Gasteiger partial charge on any atom is -0.467 e. The van der Waals surface area contributed by atoms with Crippen LogP contribution in [0.1, 0.15) is 45.2 Å². The van der Waals surface area contributed by atoms with Gasteiger partial charge in [-0.1, -0.05) is 32.9 Å². The second-order valence-corrected chi connectivity index (χ2v) is 9.12. The third-order valence-corrected chi connectivity index (χ3v) is 5.71. The zero-order chi connectivity index (χ0) is 23.6. The van der Waals surface area contributed by atoms with Gasteiger partial charge in [0.2, 0.25) is 0 Å². The van der Waals surface area contributed by atoms with E-state index in [4.69, 9.17) is 9.47 Å². The molecular weight excluding hydrogens is 424 g/mol. The largest absolute Gasteiger partial charge is 0.467 e. The van der Waals surface area contributed by atoms with Gasteiger partial charge in [0.15, 0.2) is 18.1 Å². The predicted molar refractivity (Wildman–Crippen MR) is 125 cm³/mol. The summed E-state index contributed by atoms with van der Waals surface area (Å²) in [5.74, 6) is 0.833. The summed E-state index contributed by atoms with van der Waals surface area (Å²) in [5, 5.41) is 28.9. The zero-order valence-electron chi connectivity index (χ0n) is 19.4. The van der Waals surface area contributed by atoms with Gasteiger partial charge in [-0.15, -0.1) is 10.2 Å². The van der Waals surface area contributed by atoms with Gasteiger partial charge in [0, 0.05) is 18.2 Å². The lowest BCUT2D eigenvalue weighted by molar-refractivity contribution is 0.0515. The lowest BCUT2D eigenvalue weighted by Crippen LogP contribution is -2.30. The van der Waals surface area contributed by atoms with Crippen LogP contribution >= 0.6 is 0 Å². The molecule has 1 aliphatic heterocycles. The standard InChI is InChI=1S/C23H30N6O4/c1-23(2,3)17-18(15-7-5-6-8-16(15)33-13-32-4)26-27-19-20(17)29(14-9-11-24-12-10-14)28-21(19)25-22(30)31/h5-8,14,24H,9-13H2,1-4H3,(H,25,28)(H,30,31). The lowest BCUT2D eigenvalue weighted by Gasteiger charge is -2.28. The van der Waals surface area contributed by atoms with Gasteiger partial charge >= 0.3 is 6.09 Å². The summed E-state index contributed by atoms with van der Waals surface area (Å²) < 4.78 is 12.9. The van der Waals surface area contributed by atoms with E-state index >= 15 is 0 Å². The topological polar surface area (TPSA) is 123 Å². The van der Waals surface area contributed by atoms with E-state index in [1.807, 2.05) is 28.9 Å². The Kier molecular flexibility index (Phi) is 6.48. The van der Waals surface area contributed by atoms with Crippen LogP contribution in [-0.2, 0) is 10.2 Å². The number of fused-ring (bicyclic) bond motifs is 1. The highest BCUT2D eigenvalue weighted by Crippen LogP contribution is 2.42. The number of nitrogens with one attached hydrogen (secondary N) is 2. The van der Waals surface area contributed by atoms with Gasteiger partial charge in [0.05, 0.1) is 11.6 Å². The van der Waals surface area contributed by atoms with Gasteiger partial charge in [-0.3, -0.25) is 10.00 Å². The van der Waals surface area contributed by atoms with E-state index < -0.39 is 6.09 Å². The van der Waals surface area contributed by atoms with Crippen LogP contribution in [-0.4, -0.2) is 58.2 Å². The van der Waals surface area contributed by atoms with Crippen LogP contribution in [0.3, 0.4) is 0 Å². The van der Waals surface area contributed by atoms with Gasteiger partial charge in [0.1, 0.15) is 11.4 Å². The molecule has 1 aliphatic rings. The number of para-hydroxylation sites is 1. The molecule has 3 heterocycles. The van der Waals surface area contributed by atoms with Crippen molar-refractivity contribution >= 4 is 22.9 Å². The molecule has 1 aromatic carbocycles. The fourth-order valence-electron chi connectivity index (χ4n) is 4.33. The van der Waals surface area contributed by atoms with Crippen molar-refractivity contribution in [3.8, 4) is 17.0 Å². The average molecular weight is 455 g/mol. The number of methoxy groups -OCH3 is 1. The van der Waals surface area contributed by atoms with Gasteiger partial charge in [0.25, 0.3) is 0 Å². The van der Waals surface area contributed by atoms with Gasteiger partial charge in [-0.05, 0) is 43.5 Å². The fourth-order valence-corrected chi connectivity index (χ4v) is 4.33. The maximum atomic E-state index is 11.5. The molecule has 10 heteroatoms. The number of carbonyl (C=O) groups is 1. The molecule has 3 aromatic rings. The summed E-state index contributed by atoms with van der Waals surface area (Å²) in [5.41, 5.74) is 3.30. The number of hydrogen-bond donors (Lipinski definition) is 3. The first-order valence-corrected chi connectivity index (χ1v) is 11.0. The number of nitrogens with zero attached hydrogens (tertiary/aromatic N) is 4. The SMILES string of the molecule is COCOc1ccccc1-c1nnc2c(NC(=O)O)nn(C3CCNCC3)c2c1C(C)(C)C. The molecule has 33 heavy (non-hydrogen) atoms. The molecule has 0 aliphatic carbocycles. The summed E-state index contributed by atoms with van der Waals surface area (Å²) in [7, 11) is 1.57. The third-order valence-electron chi connectivity index (χ3n) is 5.71. The highest BCUT2D eigenvalue weighted by atomic mass is 16.7. The van der Waals surface area contributed by atoms with E-state index in [2.05, 4.69) is 46.7 Å². The van der Waals surface area contributed by atoms with E-state index in [9.17, 15) is 9.90 Å². The number of ether oxygens (including phenoxy) is 2. The molecule has 2 aromatic heterocycles. The number of aromatic nitrogens is 4. The first kappa shape index (κ1) is 22.9. The molecule has 0 radical (unpaired) electrons. The monoisotopic (exact) mass is 454 g/mol. The predicted octanol–water partition coefficient (Wildman–Crippen LogP) is 3.79. The molecule has 0 atom stereocenters. The number of anilines is 1. The van der Waals surface area contributed by atoms with E-state index in [0.29, 0.717) is 17.0 Å². The quantitative estimate of drug-likeness (QED) is 0.481. The maximum Gasteiger partial charge on any atom is 0.410 e. The molecule has 1 saturated heterocycles. The maximum absolute atomic E-state index is 11.5. The van der Waals surface area contributed by atoms with E-state index in [0.717, 1.165) is 42.6 Å². The first-order chi connectivity index (χ1) is 15.8. The van der Waals surface area contributed by atoms with Crippen LogP contribution in [0, 0.1) is 0 Å². The van der Waals surface area contributed by atoms with Crippen LogP contribution < -0.4 is 15.4 Å². The normalized spacial score (nSPS) is 15.0. The summed E-state index contributed by atoms with van der Waals surface area (Å²) in [6.07, 6.45) is 0.587. The van der Waals surface area contributed by atoms with Crippen LogP contribution in [0.15, 0.2) is 24.3 Å². The number of hydrogen-bond acceptors (Lipinski definition) is 7. The number of benzene rings is 1. The van der Waals surface area contributed by atoms with Crippen molar-refractivity contribution in [2.45, 2.75) is 45.1 Å². The van der Waals surface area contributed by atoms with Gasteiger partial charge in [-0.2, -0.15) is 5.10 Å². The van der Waals surface area contributed by atoms with Crippen LogP contribution in [0.2, 0.25) is 0 Å². The smallest absolute Gasteiger partial charge is 0.410 e. The third kappa shape index (κ3) is 4.62. The molecule has 10 nitrogen and oxygen atoms in total. The molecule has 0 spiro atoms. The van der Waals surface area contributed by atoms with E-state index in [-0.39, 0.29) is 24.1 Å². The van der Waals surface area contributed by atoms with Crippen molar-refractivity contribution in [1.82, 2.24) is 25.3 Å².